The summed E-state index contributed by atoms with van der Waals surface area (Å²) in [5.41, 5.74) is 9.68. The smallest absolute Gasteiger partial charge is 0.0743 e. The lowest BCUT2D eigenvalue weighted by molar-refractivity contribution is 0.130. The number of nitrogens with one attached hydrogen (secondary N) is 1. The highest BCUT2D eigenvalue weighted by molar-refractivity contribution is 9.10. The molecule has 0 aliphatic carbocycles. The highest BCUT2D eigenvalue weighted by Crippen LogP contribution is 2.29. The van der Waals surface area contributed by atoms with Crippen LogP contribution in [0.1, 0.15) is 5.56 Å². The maximum absolute atomic E-state index is 6.05. The van der Waals surface area contributed by atoms with Gasteiger partial charge in [-0.15, -0.1) is 0 Å². The normalized spacial score (nSPS) is 10.8. The number of ether oxygens (including phenoxy) is 1. The van der Waals surface area contributed by atoms with Crippen LogP contribution in [-0.4, -0.2) is 18.1 Å². The third-order valence-corrected chi connectivity index (χ3v) is 4.01. The Morgan fingerprint density at radius 3 is 2.78 bits per heavy atom. The van der Waals surface area contributed by atoms with Crippen molar-refractivity contribution in [1.29, 1.82) is 0 Å². The van der Waals surface area contributed by atoms with Crippen LogP contribution >= 0.6 is 15.9 Å². The molecule has 0 aliphatic heterocycles. The number of nitrogens with zero attached hydrogens (tertiary/aromatic N) is 1. The van der Waals surface area contributed by atoms with Crippen LogP contribution in [0.2, 0.25) is 0 Å². The molecule has 0 atom stereocenters. The van der Waals surface area contributed by atoms with E-state index in [4.69, 9.17) is 10.5 Å². The van der Waals surface area contributed by atoms with Gasteiger partial charge >= 0.3 is 0 Å². The van der Waals surface area contributed by atoms with Gasteiger partial charge in [0.2, 0.25) is 0 Å². The number of hydrogen-bond acceptors (Lipinski definition) is 4. The number of anilines is 2. The van der Waals surface area contributed by atoms with Crippen molar-refractivity contribution in [3.05, 3.63) is 64.8 Å². The molecule has 2 aromatic carbocycles. The van der Waals surface area contributed by atoms with Gasteiger partial charge in [0.1, 0.15) is 0 Å². The monoisotopic (exact) mass is 371 g/mol. The van der Waals surface area contributed by atoms with Crippen molar-refractivity contribution < 1.29 is 4.74 Å². The number of nitrogens with two attached hydrogens (primary N) is 1. The molecule has 1 aromatic heterocycles. The first-order valence-electron chi connectivity index (χ1n) is 7.43. The van der Waals surface area contributed by atoms with Crippen molar-refractivity contribution >= 4 is 38.2 Å². The number of rotatable bonds is 6. The predicted octanol–water partition coefficient (Wildman–Crippen LogP) is 4.21. The molecule has 3 N–H and O–H groups in total. The van der Waals surface area contributed by atoms with Crippen molar-refractivity contribution in [1.82, 2.24) is 4.98 Å². The molecule has 0 fully saturated rings. The fourth-order valence-electron chi connectivity index (χ4n) is 2.39. The van der Waals surface area contributed by atoms with Crippen molar-refractivity contribution in [2.24, 2.45) is 0 Å². The molecular weight excluding hydrogens is 354 g/mol. The lowest BCUT2D eigenvalue weighted by Gasteiger charge is -2.12. The van der Waals surface area contributed by atoms with Gasteiger partial charge in [0.05, 0.1) is 36.3 Å². The van der Waals surface area contributed by atoms with Crippen molar-refractivity contribution in [3.8, 4) is 0 Å². The molecule has 0 unspecified atom stereocenters. The summed E-state index contributed by atoms with van der Waals surface area (Å²) in [5, 5.41) is 4.37. The Bertz CT molecular complexity index is 793. The van der Waals surface area contributed by atoms with Crippen molar-refractivity contribution in [2.45, 2.75) is 6.61 Å². The summed E-state index contributed by atoms with van der Waals surface area (Å²) >= 11 is 3.46. The van der Waals surface area contributed by atoms with E-state index in [2.05, 4.69) is 38.4 Å². The van der Waals surface area contributed by atoms with E-state index in [-0.39, 0.29) is 0 Å². The Morgan fingerprint density at radius 1 is 1.13 bits per heavy atom. The summed E-state index contributed by atoms with van der Waals surface area (Å²) in [5.74, 6) is 0. The highest BCUT2D eigenvalue weighted by atomic mass is 79.9. The van der Waals surface area contributed by atoms with Gasteiger partial charge in [0.25, 0.3) is 0 Å². The largest absolute Gasteiger partial charge is 0.396 e. The van der Waals surface area contributed by atoms with E-state index in [1.165, 1.54) is 5.56 Å². The molecule has 0 spiro atoms. The fraction of sp³-hybridized carbons (Fsp3) is 0.167. The topological polar surface area (TPSA) is 60.2 Å². The van der Waals surface area contributed by atoms with Crippen LogP contribution in [0.25, 0.3) is 10.9 Å². The lowest BCUT2D eigenvalue weighted by atomic mass is 10.1. The summed E-state index contributed by atoms with van der Waals surface area (Å²) in [7, 11) is 0. The van der Waals surface area contributed by atoms with Crippen LogP contribution in [0, 0.1) is 0 Å². The minimum Gasteiger partial charge on any atom is -0.396 e. The standard InChI is InChI=1S/C18H18BrN3O/c19-14-6-7-15-17(10-14)22-11-16(20)18(15)21-8-9-23-12-13-4-2-1-3-5-13/h1-7,10-11H,8-9,12,20H2,(H,21,22). The third kappa shape index (κ3) is 4.00. The zero-order valence-corrected chi connectivity index (χ0v) is 14.2. The molecule has 3 aromatic rings. The molecule has 0 radical (unpaired) electrons. The summed E-state index contributed by atoms with van der Waals surface area (Å²) in [6.45, 7) is 1.91. The number of pyridine rings is 1. The molecular formula is C18H18BrN3O. The van der Waals surface area contributed by atoms with Crippen LogP contribution in [0.5, 0.6) is 0 Å². The van der Waals surface area contributed by atoms with E-state index in [9.17, 15) is 0 Å². The molecule has 0 bridgehead atoms. The maximum Gasteiger partial charge on any atom is 0.0743 e. The molecule has 4 nitrogen and oxygen atoms in total. The van der Waals surface area contributed by atoms with Gasteiger partial charge in [-0.05, 0) is 23.8 Å². The van der Waals surface area contributed by atoms with Gasteiger partial charge in [0.15, 0.2) is 0 Å². The number of nitrogen functional groups attached to an aromatic ring is 1. The third-order valence-electron chi connectivity index (χ3n) is 3.52. The first-order chi connectivity index (χ1) is 11.2. The Labute approximate surface area is 143 Å². The highest BCUT2D eigenvalue weighted by Gasteiger charge is 2.06. The number of fused-ring (bicyclic) bond motifs is 1. The zero-order chi connectivity index (χ0) is 16.1. The Hall–Kier alpha value is -2.11. The summed E-state index contributed by atoms with van der Waals surface area (Å²) in [6, 6.07) is 16.1. The molecule has 5 heteroatoms. The van der Waals surface area contributed by atoms with Crippen LogP contribution < -0.4 is 11.1 Å². The van der Waals surface area contributed by atoms with Crippen LogP contribution in [0.15, 0.2) is 59.2 Å². The minimum absolute atomic E-state index is 0.606. The molecule has 118 valence electrons. The lowest BCUT2D eigenvalue weighted by Crippen LogP contribution is -2.11. The fourth-order valence-corrected chi connectivity index (χ4v) is 2.74. The van der Waals surface area contributed by atoms with E-state index in [0.717, 1.165) is 21.1 Å². The molecule has 1 heterocycles. The maximum atomic E-state index is 6.05. The second kappa shape index (κ2) is 7.44. The van der Waals surface area contributed by atoms with Crippen LogP contribution in [0.3, 0.4) is 0 Å². The SMILES string of the molecule is Nc1cnc2cc(Br)ccc2c1NCCOCc1ccccc1. The molecule has 0 saturated carbocycles. The molecule has 0 amide bonds. The van der Waals surface area contributed by atoms with Gasteiger partial charge in [-0.25, -0.2) is 0 Å². The first kappa shape index (κ1) is 15.8. The second-order valence-electron chi connectivity index (χ2n) is 5.21. The Kier molecular flexibility index (Phi) is 5.10. The number of benzene rings is 2. The average Bonchev–Trinajstić information content (AvgIpc) is 2.57. The molecule has 0 aliphatic rings. The van der Waals surface area contributed by atoms with E-state index in [0.29, 0.717) is 25.4 Å². The van der Waals surface area contributed by atoms with Crippen molar-refractivity contribution in [2.75, 3.05) is 24.2 Å². The number of hydrogen-bond donors (Lipinski definition) is 2. The average molecular weight is 372 g/mol. The molecule has 23 heavy (non-hydrogen) atoms. The van der Waals surface area contributed by atoms with E-state index >= 15 is 0 Å². The zero-order valence-electron chi connectivity index (χ0n) is 12.6. The van der Waals surface area contributed by atoms with Crippen LogP contribution in [0.4, 0.5) is 11.4 Å². The first-order valence-corrected chi connectivity index (χ1v) is 8.22. The Balaban J connectivity index is 1.60. The van der Waals surface area contributed by atoms with Crippen molar-refractivity contribution in [3.63, 3.8) is 0 Å². The van der Waals surface area contributed by atoms with Gasteiger partial charge in [-0.2, -0.15) is 0 Å². The summed E-state index contributed by atoms with van der Waals surface area (Å²) in [6.07, 6.45) is 1.68. The summed E-state index contributed by atoms with van der Waals surface area (Å²) < 4.78 is 6.69. The summed E-state index contributed by atoms with van der Waals surface area (Å²) in [4.78, 5) is 4.36. The van der Waals surface area contributed by atoms with Gasteiger partial charge in [0, 0.05) is 16.4 Å². The number of halogens is 1. The van der Waals surface area contributed by atoms with Gasteiger partial charge in [-0.1, -0.05) is 46.3 Å². The second-order valence-corrected chi connectivity index (χ2v) is 6.13. The molecule has 3 rings (SSSR count). The molecule has 0 saturated heterocycles. The van der Waals surface area contributed by atoms with E-state index < -0.39 is 0 Å². The van der Waals surface area contributed by atoms with Gasteiger partial charge < -0.3 is 15.8 Å². The number of aromatic nitrogens is 1. The van der Waals surface area contributed by atoms with E-state index in [1.54, 1.807) is 6.20 Å². The van der Waals surface area contributed by atoms with Gasteiger partial charge in [-0.3, -0.25) is 4.98 Å². The Morgan fingerprint density at radius 2 is 1.96 bits per heavy atom. The minimum atomic E-state index is 0.606. The van der Waals surface area contributed by atoms with E-state index in [1.807, 2.05) is 36.4 Å². The van der Waals surface area contributed by atoms with Crippen LogP contribution in [-0.2, 0) is 11.3 Å². The quantitative estimate of drug-likeness (QED) is 0.637. The predicted molar refractivity (Wildman–Crippen MR) is 98.4 cm³/mol.